The van der Waals surface area contributed by atoms with Gasteiger partial charge < -0.3 is 72.7 Å². The molecule has 0 spiro atoms. The van der Waals surface area contributed by atoms with Crippen molar-refractivity contribution in [2.75, 3.05) is 20.2 Å². The van der Waals surface area contributed by atoms with Crippen LogP contribution in [0.1, 0.15) is 12.8 Å². The van der Waals surface area contributed by atoms with Gasteiger partial charge in [0.05, 0.1) is 30.9 Å². The van der Waals surface area contributed by atoms with Crippen molar-refractivity contribution in [2.45, 2.75) is 98.4 Å². The van der Waals surface area contributed by atoms with Gasteiger partial charge in [-0.05, 0) is 19.9 Å². The number of likely N-dealkylation sites (N-methyl/N-ethyl adjacent to an activating group) is 1. The van der Waals surface area contributed by atoms with E-state index >= 15 is 0 Å². The van der Waals surface area contributed by atoms with Gasteiger partial charge in [0, 0.05) is 18.6 Å². The summed E-state index contributed by atoms with van der Waals surface area (Å²) in [4.78, 5) is 0. The number of hydrogen-bond donors (Lipinski definition) is 10. The van der Waals surface area contributed by atoms with Crippen LogP contribution in [0, 0.1) is 0 Å². The monoisotopic (exact) mass is 481 g/mol. The van der Waals surface area contributed by atoms with Crippen molar-refractivity contribution in [1.29, 1.82) is 0 Å². The zero-order valence-electron chi connectivity index (χ0n) is 18.6. The van der Waals surface area contributed by atoms with E-state index in [1.807, 2.05) is 0 Å². The van der Waals surface area contributed by atoms with Crippen LogP contribution in [0.3, 0.4) is 0 Å². The summed E-state index contributed by atoms with van der Waals surface area (Å²) >= 11 is 0. The summed E-state index contributed by atoms with van der Waals surface area (Å²) in [6, 6.07) is -2.93. The summed E-state index contributed by atoms with van der Waals surface area (Å²) in [5.41, 5.74) is 24.1. The number of aliphatic hydroxyl groups is 5. The third-order valence-corrected chi connectivity index (χ3v) is 6.70. The van der Waals surface area contributed by atoms with Gasteiger partial charge in [-0.1, -0.05) is 0 Å². The van der Waals surface area contributed by atoms with Gasteiger partial charge in [0.25, 0.3) is 0 Å². The molecule has 0 aromatic heterocycles. The Balaban J connectivity index is 1.71. The van der Waals surface area contributed by atoms with E-state index in [9.17, 15) is 25.5 Å². The molecule has 3 aliphatic rings. The van der Waals surface area contributed by atoms with Crippen molar-refractivity contribution in [1.82, 2.24) is 5.32 Å². The molecular formula is C19H39N5O9. The number of ether oxygens (including phenoxy) is 4. The normalized spacial score (nSPS) is 51.5. The van der Waals surface area contributed by atoms with Gasteiger partial charge in [-0.2, -0.15) is 0 Å². The molecule has 0 radical (unpaired) electrons. The van der Waals surface area contributed by atoms with E-state index in [1.54, 1.807) is 0 Å². The van der Waals surface area contributed by atoms with Crippen molar-refractivity contribution in [3.05, 3.63) is 0 Å². The number of nitrogens with two attached hydrogens (primary N) is 4. The average Bonchev–Trinajstić information content (AvgIpc) is 2.77. The van der Waals surface area contributed by atoms with Crippen molar-refractivity contribution < 1.29 is 44.5 Å². The van der Waals surface area contributed by atoms with E-state index in [2.05, 4.69) is 5.32 Å². The summed E-state index contributed by atoms with van der Waals surface area (Å²) in [5.74, 6) is 0. The quantitative estimate of drug-likeness (QED) is 0.162. The first-order valence-electron chi connectivity index (χ1n) is 11.2. The van der Waals surface area contributed by atoms with Crippen molar-refractivity contribution in [3.63, 3.8) is 0 Å². The minimum Gasteiger partial charge on any atom is -0.394 e. The Morgan fingerprint density at radius 1 is 0.818 bits per heavy atom. The Hall–Kier alpha value is -0.560. The van der Waals surface area contributed by atoms with Gasteiger partial charge in [-0.25, -0.2) is 0 Å². The van der Waals surface area contributed by atoms with E-state index in [-0.39, 0.29) is 19.4 Å². The maximum atomic E-state index is 11.0. The Kier molecular flexibility index (Phi) is 9.38. The fourth-order valence-corrected chi connectivity index (χ4v) is 4.74. The van der Waals surface area contributed by atoms with Gasteiger partial charge in [-0.15, -0.1) is 0 Å². The molecule has 14 unspecified atom stereocenters. The standard InChI is InChI=1S/C19H39N5O9/c1-24-12-13(27)11(5-25)31-19(14(12)28)33-17-7(22)2-6(21)16(15(17)29)32-18-8(23)3-9(26)10(4-20)30-18/h6-19,24-29H,2-5,20-23H2,1H3. The molecule has 14 heteroatoms. The predicted molar refractivity (Wildman–Crippen MR) is 113 cm³/mol. The molecule has 2 saturated heterocycles. The molecule has 1 aliphatic carbocycles. The van der Waals surface area contributed by atoms with Crippen LogP contribution in [0.5, 0.6) is 0 Å². The summed E-state index contributed by atoms with van der Waals surface area (Å²) in [6.45, 7) is -0.447. The lowest BCUT2D eigenvalue weighted by atomic mass is 9.84. The Morgan fingerprint density at radius 3 is 1.94 bits per heavy atom. The molecule has 2 heterocycles. The molecule has 3 fully saturated rings. The summed E-state index contributed by atoms with van der Waals surface area (Å²) in [7, 11) is 1.54. The highest BCUT2D eigenvalue weighted by molar-refractivity contribution is 5.01. The van der Waals surface area contributed by atoms with E-state index in [0.29, 0.717) is 0 Å². The average molecular weight is 482 g/mol. The second kappa shape index (κ2) is 11.5. The minimum atomic E-state index is -1.34. The van der Waals surface area contributed by atoms with Crippen LogP contribution in [0.15, 0.2) is 0 Å². The van der Waals surface area contributed by atoms with Gasteiger partial charge in [0.15, 0.2) is 12.6 Å². The maximum absolute atomic E-state index is 11.0. The number of nitrogens with one attached hydrogen (secondary N) is 1. The lowest BCUT2D eigenvalue weighted by Gasteiger charge is -2.48. The van der Waals surface area contributed by atoms with Crippen molar-refractivity contribution in [2.24, 2.45) is 22.9 Å². The van der Waals surface area contributed by atoms with E-state index in [4.69, 9.17) is 41.9 Å². The van der Waals surface area contributed by atoms with E-state index in [0.717, 1.165) is 0 Å². The summed E-state index contributed by atoms with van der Waals surface area (Å²) < 4.78 is 23.0. The predicted octanol–water partition coefficient (Wildman–Crippen LogP) is -6.04. The highest BCUT2D eigenvalue weighted by atomic mass is 16.7. The van der Waals surface area contributed by atoms with Gasteiger partial charge >= 0.3 is 0 Å². The molecule has 0 aromatic carbocycles. The first-order valence-corrected chi connectivity index (χ1v) is 11.2. The molecule has 1 saturated carbocycles. The first-order chi connectivity index (χ1) is 15.6. The molecule has 2 aliphatic heterocycles. The molecule has 14 nitrogen and oxygen atoms in total. The second-order valence-electron chi connectivity index (χ2n) is 9.02. The van der Waals surface area contributed by atoms with Gasteiger partial charge in [-0.3, -0.25) is 0 Å². The lowest BCUT2D eigenvalue weighted by Crippen LogP contribution is -2.68. The minimum absolute atomic E-state index is 0.0606. The summed E-state index contributed by atoms with van der Waals surface area (Å²) in [6.07, 6.45) is -10.3. The zero-order chi connectivity index (χ0) is 24.4. The molecule has 14 N–H and O–H groups in total. The molecule has 3 rings (SSSR count). The van der Waals surface area contributed by atoms with Crippen LogP contribution in [0.2, 0.25) is 0 Å². The Bertz CT molecular complexity index is 624. The SMILES string of the molecule is CNC1C(O)C(CO)OC(OC2C(N)CC(N)C(OC3OC(CN)C(O)CC3N)C2O)C1O. The fourth-order valence-electron chi connectivity index (χ4n) is 4.74. The lowest BCUT2D eigenvalue weighted by molar-refractivity contribution is -0.316. The highest BCUT2D eigenvalue weighted by Gasteiger charge is 2.50. The smallest absolute Gasteiger partial charge is 0.186 e. The van der Waals surface area contributed by atoms with Crippen LogP contribution in [-0.4, -0.2) is 131 Å². The molecule has 14 atom stereocenters. The first kappa shape index (κ1) is 27.0. The number of aliphatic hydroxyl groups excluding tert-OH is 5. The number of rotatable bonds is 7. The molecule has 194 valence electrons. The highest BCUT2D eigenvalue weighted by Crippen LogP contribution is 2.31. The van der Waals surface area contributed by atoms with E-state index in [1.165, 1.54) is 7.05 Å². The van der Waals surface area contributed by atoms with E-state index < -0.39 is 92.2 Å². The topological polar surface area (TPSA) is 254 Å². The van der Waals surface area contributed by atoms with Crippen LogP contribution < -0.4 is 28.3 Å². The van der Waals surface area contributed by atoms with Crippen LogP contribution in [0.25, 0.3) is 0 Å². The van der Waals surface area contributed by atoms with Crippen LogP contribution in [-0.2, 0) is 18.9 Å². The number of hydrogen-bond acceptors (Lipinski definition) is 14. The molecular weight excluding hydrogens is 442 g/mol. The van der Waals surface area contributed by atoms with Crippen molar-refractivity contribution in [3.8, 4) is 0 Å². The third-order valence-electron chi connectivity index (χ3n) is 6.70. The van der Waals surface area contributed by atoms with Crippen LogP contribution in [0.4, 0.5) is 0 Å². The molecule has 33 heavy (non-hydrogen) atoms. The van der Waals surface area contributed by atoms with Gasteiger partial charge in [0.1, 0.15) is 36.6 Å². The third kappa shape index (κ3) is 5.65. The fraction of sp³-hybridized carbons (Fsp3) is 1.00. The molecule has 0 amide bonds. The zero-order valence-corrected chi connectivity index (χ0v) is 18.6. The molecule has 0 bridgehead atoms. The summed E-state index contributed by atoms with van der Waals surface area (Å²) in [5, 5.41) is 54.2. The van der Waals surface area contributed by atoms with Crippen LogP contribution >= 0.6 is 0 Å². The Labute approximate surface area is 192 Å². The Morgan fingerprint density at radius 2 is 1.39 bits per heavy atom. The molecule has 0 aromatic rings. The maximum Gasteiger partial charge on any atom is 0.186 e. The van der Waals surface area contributed by atoms with Gasteiger partial charge in [0.2, 0.25) is 0 Å². The largest absolute Gasteiger partial charge is 0.394 e. The second-order valence-corrected chi connectivity index (χ2v) is 9.02. The van der Waals surface area contributed by atoms with Crippen molar-refractivity contribution >= 4 is 0 Å².